The van der Waals surface area contributed by atoms with Gasteiger partial charge in [-0.2, -0.15) is 15.0 Å². The average Bonchev–Trinajstić information content (AvgIpc) is 2.46. The van der Waals surface area contributed by atoms with Gasteiger partial charge < -0.3 is 9.64 Å². The van der Waals surface area contributed by atoms with Crippen molar-refractivity contribution in [2.75, 3.05) is 30.5 Å². The summed E-state index contributed by atoms with van der Waals surface area (Å²) in [6.45, 7) is 8.79. The van der Waals surface area contributed by atoms with Gasteiger partial charge in [-0.25, -0.2) is 5.84 Å². The fourth-order valence-electron chi connectivity index (χ4n) is 2.59. The van der Waals surface area contributed by atoms with Gasteiger partial charge in [0.2, 0.25) is 11.9 Å². The van der Waals surface area contributed by atoms with Crippen molar-refractivity contribution in [1.29, 1.82) is 0 Å². The molecular weight excluding hydrogens is 256 g/mol. The summed E-state index contributed by atoms with van der Waals surface area (Å²) in [4.78, 5) is 14.8. The molecule has 0 atom stereocenters. The van der Waals surface area contributed by atoms with Crippen LogP contribution in [0.3, 0.4) is 0 Å². The van der Waals surface area contributed by atoms with Crippen LogP contribution in [0.2, 0.25) is 0 Å². The van der Waals surface area contributed by atoms with Crippen LogP contribution < -0.4 is 20.9 Å². The summed E-state index contributed by atoms with van der Waals surface area (Å²) in [5.41, 5.74) is 2.80. The van der Waals surface area contributed by atoms with E-state index in [1.807, 2.05) is 0 Å². The van der Waals surface area contributed by atoms with Crippen molar-refractivity contribution >= 4 is 11.9 Å². The Kier molecular flexibility index (Phi) is 4.27. The number of nitrogen functional groups attached to an aromatic ring is 1. The maximum absolute atomic E-state index is 5.37. The third kappa shape index (κ3) is 3.27. The van der Waals surface area contributed by atoms with E-state index < -0.39 is 0 Å². The van der Waals surface area contributed by atoms with Crippen LogP contribution in [0.5, 0.6) is 6.01 Å². The molecule has 1 aliphatic heterocycles. The number of nitrogens with one attached hydrogen (secondary N) is 1. The summed E-state index contributed by atoms with van der Waals surface area (Å²) in [7, 11) is 1.53. The van der Waals surface area contributed by atoms with Crippen molar-refractivity contribution in [3.8, 4) is 6.01 Å². The van der Waals surface area contributed by atoms with Crippen molar-refractivity contribution in [3.05, 3.63) is 0 Å². The molecule has 0 saturated carbocycles. The van der Waals surface area contributed by atoms with Crippen molar-refractivity contribution in [2.24, 2.45) is 17.2 Å². The molecule has 20 heavy (non-hydrogen) atoms. The molecule has 1 aromatic heterocycles. The minimum atomic E-state index is 0.279. The van der Waals surface area contributed by atoms with E-state index in [4.69, 9.17) is 10.6 Å². The maximum atomic E-state index is 5.37. The van der Waals surface area contributed by atoms with E-state index in [1.54, 1.807) is 0 Å². The van der Waals surface area contributed by atoms with E-state index in [-0.39, 0.29) is 6.01 Å². The number of hydrogen-bond acceptors (Lipinski definition) is 7. The highest BCUT2D eigenvalue weighted by molar-refractivity contribution is 5.38. The number of methoxy groups -OCH3 is 1. The summed E-state index contributed by atoms with van der Waals surface area (Å²) < 4.78 is 5.08. The molecule has 0 radical (unpaired) electrons. The third-order valence-corrected chi connectivity index (χ3v) is 3.92. The van der Waals surface area contributed by atoms with E-state index in [1.165, 1.54) is 7.11 Å². The zero-order valence-corrected chi connectivity index (χ0v) is 12.7. The predicted octanol–water partition coefficient (Wildman–Crippen LogP) is 1.43. The van der Waals surface area contributed by atoms with Gasteiger partial charge in [-0.1, -0.05) is 20.8 Å². The van der Waals surface area contributed by atoms with Gasteiger partial charge in [-0.3, -0.25) is 5.43 Å². The lowest BCUT2D eigenvalue weighted by atomic mass is 9.75. The normalized spacial score (nSPS) is 17.1. The molecule has 0 aliphatic carbocycles. The number of nitrogens with zero attached hydrogens (tertiary/aromatic N) is 4. The first kappa shape index (κ1) is 14.8. The first-order valence-electron chi connectivity index (χ1n) is 6.95. The first-order valence-corrected chi connectivity index (χ1v) is 6.95. The molecule has 7 heteroatoms. The molecule has 1 fully saturated rings. The molecule has 2 heterocycles. The second-order valence-electron chi connectivity index (χ2n) is 6.22. The number of nitrogens with two attached hydrogens (primary N) is 1. The zero-order valence-electron chi connectivity index (χ0n) is 12.7. The molecule has 3 N–H and O–H groups in total. The van der Waals surface area contributed by atoms with Crippen molar-refractivity contribution in [3.63, 3.8) is 0 Å². The molecule has 0 bridgehead atoms. The average molecular weight is 280 g/mol. The summed E-state index contributed by atoms with van der Waals surface area (Å²) in [6.07, 6.45) is 2.28. The van der Waals surface area contributed by atoms with Gasteiger partial charge in [0.25, 0.3) is 0 Å². The van der Waals surface area contributed by atoms with E-state index in [0.29, 0.717) is 17.3 Å². The van der Waals surface area contributed by atoms with E-state index in [9.17, 15) is 0 Å². The number of rotatable bonds is 3. The number of anilines is 2. The largest absolute Gasteiger partial charge is 0.467 e. The van der Waals surface area contributed by atoms with Crippen LogP contribution >= 0.6 is 0 Å². The molecule has 1 aromatic rings. The highest BCUT2D eigenvalue weighted by Gasteiger charge is 2.29. The molecule has 0 aromatic carbocycles. The van der Waals surface area contributed by atoms with Gasteiger partial charge >= 0.3 is 6.01 Å². The van der Waals surface area contributed by atoms with Gasteiger partial charge in [0.05, 0.1) is 7.11 Å². The lowest BCUT2D eigenvalue weighted by molar-refractivity contribution is 0.198. The fraction of sp³-hybridized carbons (Fsp3) is 0.769. The van der Waals surface area contributed by atoms with Crippen LogP contribution in [0.25, 0.3) is 0 Å². The van der Waals surface area contributed by atoms with Crippen LogP contribution in [0.4, 0.5) is 11.9 Å². The van der Waals surface area contributed by atoms with Crippen molar-refractivity contribution in [2.45, 2.75) is 33.6 Å². The Morgan fingerprint density at radius 2 is 1.85 bits per heavy atom. The first-order chi connectivity index (χ1) is 9.44. The molecule has 112 valence electrons. The van der Waals surface area contributed by atoms with E-state index in [0.717, 1.165) is 31.8 Å². The van der Waals surface area contributed by atoms with Crippen molar-refractivity contribution < 1.29 is 4.74 Å². The molecule has 0 amide bonds. The highest BCUT2D eigenvalue weighted by Crippen LogP contribution is 2.35. The number of hydrogen-bond donors (Lipinski definition) is 2. The van der Waals surface area contributed by atoms with Crippen LogP contribution in [-0.2, 0) is 0 Å². The predicted molar refractivity (Wildman–Crippen MR) is 78.6 cm³/mol. The second-order valence-corrected chi connectivity index (χ2v) is 6.22. The second kappa shape index (κ2) is 5.78. The monoisotopic (exact) mass is 280 g/mol. The Balaban J connectivity index is 2.10. The van der Waals surface area contributed by atoms with Gasteiger partial charge in [0.1, 0.15) is 0 Å². The van der Waals surface area contributed by atoms with Gasteiger partial charge in [-0.15, -0.1) is 0 Å². The van der Waals surface area contributed by atoms with Crippen LogP contribution in [0.15, 0.2) is 0 Å². The van der Waals surface area contributed by atoms with Crippen molar-refractivity contribution in [1.82, 2.24) is 15.0 Å². The molecular formula is C13H24N6O. The fourth-order valence-corrected chi connectivity index (χ4v) is 2.59. The van der Waals surface area contributed by atoms with Crippen LogP contribution in [0, 0.1) is 11.3 Å². The SMILES string of the molecule is COc1nc(NN)nc(N2CCC(C(C)(C)C)CC2)n1. The van der Waals surface area contributed by atoms with Crippen LogP contribution in [0.1, 0.15) is 33.6 Å². The number of piperidine rings is 1. The van der Waals surface area contributed by atoms with E-state index in [2.05, 4.69) is 46.0 Å². The lowest BCUT2D eigenvalue weighted by Crippen LogP contribution is -2.39. The lowest BCUT2D eigenvalue weighted by Gasteiger charge is -2.38. The number of aromatic nitrogens is 3. The summed E-state index contributed by atoms with van der Waals surface area (Å²) >= 11 is 0. The van der Waals surface area contributed by atoms with Gasteiger partial charge in [-0.05, 0) is 24.2 Å². The number of ether oxygens (including phenoxy) is 1. The highest BCUT2D eigenvalue weighted by atomic mass is 16.5. The zero-order chi connectivity index (χ0) is 14.8. The minimum Gasteiger partial charge on any atom is -0.467 e. The smallest absolute Gasteiger partial charge is 0.322 e. The maximum Gasteiger partial charge on any atom is 0.322 e. The molecule has 0 unspecified atom stereocenters. The topological polar surface area (TPSA) is 89.2 Å². The molecule has 1 aliphatic rings. The number of hydrazine groups is 1. The van der Waals surface area contributed by atoms with Crippen LogP contribution in [-0.4, -0.2) is 35.2 Å². The molecule has 2 rings (SSSR count). The third-order valence-electron chi connectivity index (χ3n) is 3.92. The van der Waals surface area contributed by atoms with E-state index >= 15 is 0 Å². The summed E-state index contributed by atoms with van der Waals surface area (Å²) in [5, 5.41) is 0. The summed E-state index contributed by atoms with van der Waals surface area (Å²) in [5.74, 6) is 7.05. The van der Waals surface area contributed by atoms with Gasteiger partial charge in [0, 0.05) is 13.1 Å². The molecule has 1 saturated heterocycles. The Hall–Kier alpha value is -1.63. The Morgan fingerprint density at radius 1 is 1.20 bits per heavy atom. The Labute approximate surface area is 119 Å². The van der Waals surface area contributed by atoms with Gasteiger partial charge in [0.15, 0.2) is 0 Å². The molecule has 0 spiro atoms. The standard InChI is InChI=1S/C13H24N6O/c1-13(2,3)9-5-7-19(8-6-9)11-15-10(18-14)16-12(17-11)20-4/h9H,5-8,14H2,1-4H3,(H,15,16,17,18). The molecule has 7 nitrogen and oxygen atoms in total. The quantitative estimate of drug-likeness (QED) is 0.639. The Bertz CT molecular complexity index is 428. The minimum absolute atomic E-state index is 0.279. The summed E-state index contributed by atoms with van der Waals surface area (Å²) in [6, 6.07) is 0.279. The Morgan fingerprint density at radius 3 is 2.35 bits per heavy atom.